The lowest BCUT2D eigenvalue weighted by Crippen LogP contribution is -2.17. The van der Waals surface area contributed by atoms with Crippen LogP contribution in [0.5, 0.6) is 0 Å². The van der Waals surface area contributed by atoms with Crippen LogP contribution in [0.3, 0.4) is 0 Å². The molecule has 2 N–H and O–H groups in total. The number of fused-ring (bicyclic) bond motifs is 1. The fourth-order valence-electron chi connectivity index (χ4n) is 1.80. The van der Waals surface area contributed by atoms with Crippen molar-refractivity contribution >= 4 is 22.8 Å². The van der Waals surface area contributed by atoms with Crippen molar-refractivity contribution in [2.75, 3.05) is 20.6 Å². The summed E-state index contributed by atoms with van der Waals surface area (Å²) in [6, 6.07) is 6.92. The van der Waals surface area contributed by atoms with E-state index < -0.39 is 11.9 Å². The third kappa shape index (κ3) is 6.75. The Morgan fingerprint density at radius 3 is 2.30 bits per heavy atom. The third-order valence-corrected chi connectivity index (χ3v) is 2.89. The second kappa shape index (κ2) is 8.70. The van der Waals surface area contributed by atoms with Crippen molar-refractivity contribution in [3.05, 3.63) is 48.4 Å². The first-order valence-electron chi connectivity index (χ1n) is 6.82. The molecule has 124 valence electrons. The average molecular weight is 322 g/mol. The van der Waals surface area contributed by atoms with Gasteiger partial charge < -0.3 is 19.7 Å². The van der Waals surface area contributed by atoms with Crippen LogP contribution in [0.2, 0.25) is 0 Å². The van der Waals surface area contributed by atoms with Gasteiger partial charge in [0.05, 0.1) is 5.52 Å². The van der Waals surface area contributed by atoms with Crippen molar-refractivity contribution < 1.29 is 24.2 Å². The van der Waals surface area contributed by atoms with Crippen LogP contribution in [-0.2, 0) is 16.1 Å². The summed E-state index contributed by atoms with van der Waals surface area (Å²) in [5.74, 6) is -2.69. The summed E-state index contributed by atoms with van der Waals surface area (Å²) in [6.45, 7) is 1.85. The fourth-order valence-corrected chi connectivity index (χ4v) is 1.80. The van der Waals surface area contributed by atoms with E-state index in [2.05, 4.69) is 9.47 Å². The molecule has 6 nitrogen and oxygen atoms in total. The molecule has 2 rings (SSSR count). The first kappa shape index (κ1) is 18.4. The summed E-state index contributed by atoms with van der Waals surface area (Å²) in [5, 5.41) is 16.7. The van der Waals surface area contributed by atoms with Crippen LogP contribution in [-0.4, -0.2) is 52.3 Å². The number of carboxylic acid groups (broad SMARTS) is 2. The maximum atomic E-state index is 13.1. The fraction of sp³-hybridized carbons (Fsp3) is 0.250. The van der Waals surface area contributed by atoms with Gasteiger partial charge in [0.2, 0.25) is 0 Å². The number of nitrogens with zero attached hydrogens (tertiary/aromatic N) is 2. The molecular weight excluding hydrogens is 303 g/mol. The quantitative estimate of drug-likeness (QED) is 0.823. The molecule has 0 fully saturated rings. The summed E-state index contributed by atoms with van der Waals surface area (Å²) >= 11 is 0. The molecule has 0 saturated carbocycles. The monoisotopic (exact) mass is 322 g/mol. The molecule has 0 aliphatic carbocycles. The number of carbonyl (C=O) groups is 2. The van der Waals surface area contributed by atoms with Gasteiger partial charge in [0.15, 0.2) is 0 Å². The van der Waals surface area contributed by atoms with Gasteiger partial charge in [0.1, 0.15) is 5.82 Å². The normalized spacial score (nSPS) is 10.8. The van der Waals surface area contributed by atoms with E-state index in [1.807, 2.05) is 32.4 Å². The van der Waals surface area contributed by atoms with Crippen molar-refractivity contribution in [1.29, 1.82) is 0 Å². The van der Waals surface area contributed by atoms with Crippen LogP contribution in [0.1, 0.15) is 0 Å². The zero-order chi connectivity index (χ0) is 17.4. The molecule has 0 bridgehead atoms. The molecule has 0 radical (unpaired) electrons. The van der Waals surface area contributed by atoms with Crippen LogP contribution in [0.25, 0.3) is 10.9 Å². The maximum Gasteiger partial charge on any atom is 0.328 e. The molecule has 1 aromatic carbocycles. The number of carboxylic acids is 2. The summed E-state index contributed by atoms with van der Waals surface area (Å²) < 4.78 is 15.2. The molecule has 0 spiro atoms. The van der Waals surface area contributed by atoms with Crippen molar-refractivity contribution in [2.45, 2.75) is 6.54 Å². The Kier molecular flexibility index (Phi) is 6.95. The van der Waals surface area contributed by atoms with Gasteiger partial charge in [-0.15, -0.1) is 0 Å². The van der Waals surface area contributed by atoms with Gasteiger partial charge in [-0.2, -0.15) is 0 Å². The number of benzene rings is 1. The van der Waals surface area contributed by atoms with E-state index in [-0.39, 0.29) is 5.82 Å². The Morgan fingerprint density at radius 1 is 1.17 bits per heavy atom. The van der Waals surface area contributed by atoms with E-state index in [1.54, 1.807) is 6.07 Å². The van der Waals surface area contributed by atoms with Gasteiger partial charge in [-0.05, 0) is 43.7 Å². The van der Waals surface area contributed by atoms with Crippen molar-refractivity contribution in [2.24, 2.45) is 0 Å². The molecule has 1 heterocycles. The molecule has 23 heavy (non-hydrogen) atoms. The third-order valence-electron chi connectivity index (χ3n) is 2.89. The molecule has 0 amide bonds. The average Bonchev–Trinajstić information content (AvgIpc) is 2.86. The summed E-state index contributed by atoms with van der Waals surface area (Å²) in [6.07, 6.45) is 3.12. The van der Waals surface area contributed by atoms with E-state index in [0.717, 1.165) is 24.0 Å². The van der Waals surface area contributed by atoms with Crippen molar-refractivity contribution in [1.82, 2.24) is 9.47 Å². The standard InChI is InChI=1S/C12H15FN2.C4H4O4/c1-14(2)7-8-15-6-5-10-3-4-11(13)9-12(10)15;5-3(6)1-2-4(7)8/h3-6,9H,7-8H2,1-2H3;1-2H,(H,5,6)(H,7,8)/b;2-1+. The van der Waals surface area contributed by atoms with E-state index in [9.17, 15) is 14.0 Å². The first-order chi connectivity index (χ1) is 10.8. The predicted molar refractivity (Wildman–Crippen MR) is 84.9 cm³/mol. The first-order valence-corrected chi connectivity index (χ1v) is 6.82. The molecule has 2 aromatic rings. The number of rotatable bonds is 5. The number of aliphatic carboxylic acids is 2. The Bertz CT molecular complexity index is 691. The van der Waals surface area contributed by atoms with Crippen LogP contribution in [0.4, 0.5) is 4.39 Å². The highest BCUT2D eigenvalue weighted by molar-refractivity contribution is 5.89. The predicted octanol–water partition coefficient (Wildman–Crippen LogP) is 2.05. The number of hydrogen-bond acceptors (Lipinski definition) is 3. The Labute approximate surface area is 133 Å². The summed E-state index contributed by atoms with van der Waals surface area (Å²) in [7, 11) is 4.07. The van der Waals surface area contributed by atoms with E-state index in [0.29, 0.717) is 12.2 Å². The van der Waals surface area contributed by atoms with Gasteiger partial charge >= 0.3 is 11.9 Å². The lowest BCUT2D eigenvalue weighted by atomic mass is 10.2. The van der Waals surface area contributed by atoms with Gasteiger partial charge in [-0.3, -0.25) is 0 Å². The molecule has 0 atom stereocenters. The SMILES string of the molecule is CN(C)CCn1ccc2ccc(F)cc21.O=C(O)/C=C/C(=O)O. The number of halogens is 1. The smallest absolute Gasteiger partial charge is 0.328 e. The van der Waals surface area contributed by atoms with Crippen LogP contribution in [0.15, 0.2) is 42.6 Å². The largest absolute Gasteiger partial charge is 0.478 e. The number of hydrogen-bond donors (Lipinski definition) is 2. The van der Waals surface area contributed by atoms with Gasteiger partial charge in [0.25, 0.3) is 0 Å². The topological polar surface area (TPSA) is 82.8 Å². The second-order valence-corrected chi connectivity index (χ2v) is 5.03. The molecule has 0 unspecified atom stereocenters. The highest BCUT2D eigenvalue weighted by Crippen LogP contribution is 2.16. The second-order valence-electron chi connectivity index (χ2n) is 5.03. The zero-order valence-corrected chi connectivity index (χ0v) is 12.9. The van der Waals surface area contributed by atoms with Crippen LogP contribution in [0, 0.1) is 5.82 Å². The Morgan fingerprint density at radius 2 is 1.78 bits per heavy atom. The number of aromatic nitrogens is 1. The minimum absolute atomic E-state index is 0.174. The Hall–Kier alpha value is -2.67. The maximum absolute atomic E-state index is 13.1. The lowest BCUT2D eigenvalue weighted by Gasteiger charge is -2.11. The van der Waals surface area contributed by atoms with Gasteiger partial charge in [-0.25, -0.2) is 14.0 Å². The Balaban J connectivity index is 0.000000284. The van der Waals surface area contributed by atoms with Crippen molar-refractivity contribution in [3.63, 3.8) is 0 Å². The highest BCUT2D eigenvalue weighted by Gasteiger charge is 2.02. The molecule has 0 aliphatic rings. The minimum Gasteiger partial charge on any atom is -0.478 e. The lowest BCUT2D eigenvalue weighted by molar-refractivity contribution is -0.134. The summed E-state index contributed by atoms with van der Waals surface area (Å²) in [5.41, 5.74) is 0.969. The highest BCUT2D eigenvalue weighted by atomic mass is 19.1. The number of likely N-dealkylation sites (N-methyl/N-ethyl adjacent to an activating group) is 1. The minimum atomic E-state index is -1.26. The summed E-state index contributed by atoms with van der Waals surface area (Å²) in [4.78, 5) is 21.2. The van der Waals surface area contributed by atoms with E-state index in [1.165, 1.54) is 6.07 Å². The molecule has 7 heteroatoms. The zero-order valence-electron chi connectivity index (χ0n) is 12.9. The van der Waals surface area contributed by atoms with Gasteiger partial charge in [0, 0.05) is 31.4 Å². The van der Waals surface area contributed by atoms with E-state index in [4.69, 9.17) is 10.2 Å². The van der Waals surface area contributed by atoms with Crippen LogP contribution >= 0.6 is 0 Å². The molecular formula is C16H19FN2O4. The van der Waals surface area contributed by atoms with Crippen molar-refractivity contribution in [3.8, 4) is 0 Å². The van der Waals surface area contributed by atoms with Gasteiger partial charge in [-0.1, -0.05) is 0 Å². The molecule has 0 aliphatic heterocycles. The van der Waals surface area contributed by atoms with Crippen LogP contribution < -0.4 is 0 Å². The molecule has 0 saturated heterocycles. The molecule has 1 aromatic heterocycles. The van der Waals surface area contributed by atoms with E-state index >= 15 is 0 Å².